The fraction of sp³-hybridized carbons (Fsp3) is 0.222. The lowest BCUT2D eigenvalue weighted by Gasteiger charge is -2.24. The third-order valence-electron chi connectivity index (χ3n) is 4.19. The molecule has 2 aromatic carbocycles. The molecule has 0 amide bonds. The molecule has 3 aromatic rings. The summed E-state index contributed by atoms with van der Waals surface area (Å²) in [4.78, 5) is 1.53. The van der Waals surface area contributed by atoms with Crippen molar-refractivity contribution in [3.63, 3.8) is 0 Å². The molecule has 1 aromatic heterocycles. The van der Waals surface area contributed by atoms with Crippen LogP contribution in [-0.2, 0) is 12.8 Å². The Bertz CT molecular complexity index is 739. The van der Waals surface area contributed by atoms with E-state index < -0.39 is 0 Å². The number of fused-ring (bicyclic) bond motifs is 2. The van der Waals surface area contributed by atoms with Gasteiger partial charge in [-0.2, -0.15) is 0 Å². The predicted octanol–water partition coefficient (Wildman–Crippen LogP) is 4.33. The topological polar surface area (TPSA) is 12.0 Å². The smallest absolute Gasteiger partial charge is 0.0458 e. The van der Waals surface area contributed by atoms with E-state index in [-0.39, 0.29) is 0 Å². The van der Waals surface area contributed by atoms with Gasteiger partial charge in [-0.05, 0) is 52.7 Å². The Hall–Kier alpha value is -1.64. The minimum absolute atomic E-state index is 0.476. The summed E-state index contributed by atoms with van der Waals surface area (Å²) in [6.45, 7) is 1.10. The van der Waals surface area contributed by atoms with Crippen LogP contribution in [0.3, 0.4) is 0 Å². The lowest BCUT2D eigenvalue weighted by Crippen LogP contribution is -2.29. The van der Waals surface area contributed by atoms with E-state index in [1.54, 1.807) is 5.56 Å². The molecular weight excluding hydrogens is 262 g/mol. The molecular formula is C18H17NS. The van der Waals surface area contributed by atoms with E-state index in [4.69, 9.17) is 0 Å². The zero-order valence-electron chi connectivity index (χ0n) is 11.3. The van der Waals surface area contributed by atoms with Gasteiger partial charge in [0.25, 0.3) is 0 Å². The van der Waals surface area contributed by atoms with Crippen LogP contribution in [0, 0.1) is 0 Å². The molecule has 1 nitrogen and oxygen atoms in total. The summed E-state index contributed by atoms with van der Waals surface area (Å²) in [7, 11) is 0. The van der Waals surface area contributed by atoms with E-state index in [2.05, 4.69) is 59.2 Å². The summed E-state index contributed by atoms with van der Waals surface area (Å²) in [6, 6.07) is 18.1. The van der Waals surface area contributed by atoms with Crippen LogP contribution in [-0.4, -0.2) is 6.54 Å². The van der Waals surface area contributed by atoms with Crippen molar-refractivity contribution in [2.24, 2.45) is 0 Å². The number of thiophene rings is 1. The van der Waals surface area contributed by atoms with Crippen molar-refractivity contribution in [2.75, 3.05) is 6.54 Å². The number of rotatable bonds is 2. The van der Waals surface area contributed by atoms with Gasteiger partial charge in [0.15, 0.2) is 0 Å². The highest BCUT2D eigenvalue weighted by Crippen LogP contribution is 2.32. The van der Waals surface area contributed by atoms with Crippen LogP contribution < -0.4 is 5.32 Å². The van der Waals surface area contributed by atoms with Gasteiger partial charge in [0.1, 0.15) is 0 Å². The fourth-order valence-corrected chi connectivity index (χ4v) is 4.22. The Morgan fingerprint density at radius 1 is 1.05 bits per heavy atom. The van der Waals surface area contributed by atoms with Crippen LogP contribution in [0.25, 0.3) is 10.8 Å². The molecule has 20 heavy (non-hydrogen) atoms. The SMILES string of the molecule is c1ccc2c(C[C@H]3NCCc4ccsc43)cccc2c1. The summed E-state index contributed by atoms with van der Waals surface area (Å²) in [5, 5.41) is 8.64. The molecule has 1 aliphatic heterocycles. The quantitative estimate of drug-likeness (QED) is 0.736. The first-order valence-electron chi connectivity index (χ1n) is 7.18. The minimum atomic E-state index is 0.476. The monoisotopic (exact) mass is 279 g/mol. The van der Waals surface area contributed by atoms with E-state index >= 15 is 0 Å². The van der Waals surface area contributed by atoms with E-state index in [0.29, 0.717) is 6.04 Å². The number of benzene rings is 2. The number of hydrogen-bond donors (Lipinski definition) is 1. The van der Waals surface area contributed by atoms with Gasteiger partial charge in [-0.25, -0.2) is 0 Å². The molecule has 0 spiro atoms. The maximum Gasteiger partial charge on any atom is 0.0458 e. The number of hydrogen-bond acceptors (Lipinski definition) is 2. The fourth-order valence-electron chi connectivity index (χ4n) is 3.19. The van der Waals surface area contributed by atoms with Crippen molar-refractivity contribution in [2.45, 2.75) is 18.9 Å². The van der Waals surface area contributed by atoms with E-state index in [0.717, 1.165) is 13.0 Å². The van der Waals surface area contributed by atoms with Crippen LogP contribution in [0.2, 0.25) is 0 Å². The summed E-state index contributed by atoms with van der Waals surface area (Å²) in [5.41, 5.74) is 2.99. The van der Waals surface area contributed by atoms with Crippen LogP contribution in [0.5, 0.6) is 0 Å². The second-order valence-electron chi connectivity index (χ2n) is 5.41. The first kappa shape index (κ1) is 12.1. The average molecular weight is 279 g/mol. The molecule has 0 radical (unpaired) electrons. The highest BCUT2D eigenvalue weighted by atomic mass is 32.1. The molecule has 100 valence electrons. The molecule has 2 heterocycles. The van der Waals surface area contributed by atoms with Crippen molar-refractivity contribution in [1.29, 1.82) is 0 Å². The van der Waals surface area contributed by atoms with Gasteiger partial charge in [0.2, 0.25) is 0 Å². The summed E-state index contributed by atoms with van der Waals surface area (Å²) in [6.07, 6.45) is 2.25. The first-order valence-corrected chi connectivity index (χ1v) is 8.06. The Balaban J connectivity index is 1.73. The van der Waals surface area contributed by atoms with Crippen molar-refractivity contribution in [3.8, 4) is 0 Å². The Kier molecular flexibility index (Phi) is 3.06. The maximum absolute atomic E-state index is 3.68. The van der Waals surface area contributed by atoms with Gasteiger partial charge < -0.3 is 5.32 Å². The van der Waals surface area contributed by atoms with E-state index in [9.17, 15) is 0 Å². The Morgan fingerprint density at radius 3 is 2.95 bits per heavy atom. The predicted molar refractivity (Wildman–Crippen MR) is 86.4 cm³/mol. The van der Waals surface area contributed by atoms with Crippen LogP contribution >= 0.6 is 11.3 Å². The zero-order chi connectivity index (χ0) is 13.4. The molecule has 0 saturated carbocycles. The normalized spacial score (nSPS) is 18.1. The summed E-state index contributed by atoms with van der Waals surface area (Å²) >= 11 is 1.90. The molecule has 0 unspecified atom stereocenters. The second kappa shape index (κ2) is 5.04. The van der Waals surface area contributed by atoms with Crippen molar-refractivity contribution < 1.29 is 0 Å². The molecule has 0 saturated heterocycles. The molecule has 1 N–H and O–H groups in total. The largest absolute Gasteiger partial charge is 0.309 e. The highest BCUT2D eigenvalue weighted by molar-refractivity contribution is 7.10. The number of nitrogens with one attached hydrogen (secondary N) is 1. The van der Waals surface area contributed by atoms with Crippen molar-refractivity contribution in [3.05, 3.63) is 69.9 Å². The highest BCUT2D eigenvalue weighted by Gasteiger charge is 2.21. The van der Waals surface area contributed by atoms with Crippen LogP contribution in [0.4, 0.5) is 0 Å². The molecule has 0 fully saturated rings. The molecule has 0 bridgehead atoms. The van der Waals surface area contributed by atoms with Crippen molar-refractivity contribution in [1.82, 2.24) is 5.32 Å². The molecule has 2 heteroatoms. The van der Waals surface area contributed by atoms with Gasteiger partial charge in [-0.3, -0.25) is 0 Å². The molecule has 1 atom stereocenters. The van der Waals surface area contributed by atoms with Gasteiger partial charge >= 0.3 is 0 Å². The lowest BCUT2D eigenvalue weighted by atomic mass is 9.94. The zero-order valence-corrected chi connectivity index (χ0v) is 12.1. The van der Waals surface area contributed by atoms with E-state index in [1.165, 1.54) is 27.6 Å². The van der Waals surface area contributed by atoms with Gasteiger partial charge in [-0.1, -0.05) is 42.5 Å². The third kappa shape index (κ3) is 2.05. The molecule has 0 aliphatic carbocycles. The average Bonchev–Trinajstić information content (AvgIpc) is 2.97. The standard InChI is InChI=1S/C18H17NS/c1-2-7-16-13(4-1)5-3-6-15(16)12-17-18-14(8-10-19-17)9-11-20-18/h1-7,9,11,17,19H,8,10,12H2/t17-/m1/s1. The van der Waals surface area contributed by atoms with Crippen molar-refractivity contribution >= 4 is 22.1 Å². The summed E-state index contributed by atoms with van der Waals surface area (Å²) < 4.78 is 0. The maximum atomic E-state index is 3.68. The van der Waals surface area contributed by atoms with Gasteiger partial charge in [-0.15, -0.1) is 11.3 Å². The Morgan fingerprint density at radius 2 is 1.95 bits per heavy atom. The van der Waals surface area contributed by atoms with Crippen LogP contribution in [0.1, 0.15) is 22.0 Å². The summed E-state index contributed by atoms with van der Waals surface area (Å²) in [5.74, 6) is 0. The molecule has 1 aliphatic rings. The third-order valence-corrected chi connectivity index (χ3v) is 5.26. The second-order valence-corrected chi connectivity index (χ2v) is 6.36. The molecule has 4 rings (SSSR count). The van der Waals surface area contributed by atoms with E-state index in [1.807, 2.05) is 11.3 Å². The van der Waals surface area contributed by atoms with Gasteiger partial charge in [0.05, 0.1) is 0 Å². The Labute approximate surface area is 123 Å². The minimum Gasteiger partial charge on any atom is -0.309 e. The van der Waals surface area contributed by atoms with Crippen LogP contribution in [0.15, 0.2) is 53.9 Å². The van der Waals surface area contributed by atoms with Gasteiger partial charge in [0, 0.05) is 10.9 Å². The lowest BCUT2D eigenvalue weighted by molar-refractivity contribution is 0.513. The first-order chi connectivity index (χ1) is 9.92.